The molecule has 2 unspecified atom stereocenters. The molecule has 1 fully saturated rings. The molecular formula is C20H32N4O3. The number of morpholine rings is 1. The summed E-state index contributed by atoms with van der Waals surface area (Å²) in [5.74, 6) is -0.181. The van der Waals surface area contributed by atoms with E-state index in [4.69, 9.17) is 4.74 Å². The number of urea groups is 1. The first-order valence-electron chi connectivity index (χ1n) is 9.67. The molecule has 0 spiro atoms. The zero-order valence-corrected chi connectivity index (χ0v) is 16.7. The van der Waals surface area contributed by atoms with Crippen LogP contribution in [0, 0.1) is 0 Å². The van der Waals surface area contributed by atoms with E-state index >= 15 is 0 Å². The van der Waals surface area contributed by atoms with Gasteiger partial charge in [0, 0.05) is 32.2 Å². The second kappa shape index (κ2) is 10.3. The molecule has 1 saturated heterocycles. The Labute approximate surface area is 161 Å². The molecule has 150 valence electrons. The number of rotatable bonds is 7. The van der Waals surface area contributed by atoms with Gasteiger partial charge in [0.2, 0.25) is 0 Å². The number of benzene rings is 1. The van der Waals surface area contributed by atoms with E-state index in [0.29, 0.717) is 17.8 Å². The summed E-state index contributed by atoms with van der Waals surface area (Å²) in [6, 6.07) is 6.73. The largest absolute Gasteiger partial charge is 0.373 e. The minimum atomic E-state index is -0.319. The lowest BCUT2D eigenvalue weighted by Gasteiger charge is -2.35. The van der Waals surface area contributed by atoms with E-state index in [1.54, 1.807) is 24.3 Å². The van der Waals surface area contributed by atoms with Crippen molar-refractivity contribution in [2.45, 2.75) is 52.4 Å². The Hall–Kier alpha value is -2.12. The molecule has 7 heteroatoms. The molecule has 1 aliphatic rings. The molecule has 2 rings (SSSR count). The van der Waals surface area contributed by atoms with Crippen molar-refractivity contribution in [3.63, 3.8) is 0 Å². The van der Waals surface area contributed by atoms with Crippen LogP contribution in [0.1, 0.15) is 44.5 Å². The normalized spacial score (nSPS) is 20.3. The van der Waals surface area contributed by atoms with Gasteiger partial charge in [-0.15, -0.1) is 0 Å². The van der Waals surface area contributed by atoms with Crippen LogP contribution in [0.5, 0.6) is 0 Å². The number of carbonyl (C=O) groups excluding carboxylic acids is 2. The average Bonchev–Trinajstić information content (AvgIpc) is 2.57. The summed E-state index contributed by atoms with van der Waals surface area (Å²) in [6.45, 7) is 11.3. The van der Waals surface area contributed by atoms with Crippen LogP contribution in [0.2, 0.25) is 0 Å². The molecule has 2 atom stereocenters. The monoisotopic (exact) mass is 376 g/mol. The van der Waals surface area contributed by atoms with Gasteiger partial charge in [0.05, 0.1) is 23.5 Å². The lowest BCUT2D eigenvalue weighted by molar-refractivity contribution is -0.0680. The van der Waals surface area contributed by atoms with E-state index in [1.807, 2.05) is 13.8 Å². The smallest absolute Gasteiger partial charge is 0.319 e. The SMILES string of the molecule is CC(C)NC(=O)Nc1ccccc1C(=O)NCCCN1CC(C)OC(C)C1. The first-order chi connectivity index (χ1) is 12.8. The summed E-state index contributed by atoms with van der Waals surface area (Å²) in [7, 11) is 0. The van der Waals surface area contributed by atoms with Crippen molar-refractivity contribution < 1.29 is 14.3 Å². The van der Waals surface area contributed by atoms with Crippen LogP contribution >= 0.6 is 0 Å². The molecular weight excluding hydrogens is 344 g/mol. The fourth-order valence-corrected chi connectivity index (χ4v) is 3.28. The van der Waals surface area contributed by atoms with E-state index in [1.165, 1.54) is 0 Å². The van der Waals surface area contributed by atoms with Crippen molar-refractivity contribution in [3.05, 3.63) is 29.8 Å². The van der Waals surface area contributed by atoms with Gasteiger partial charge in [-0.3, -0.25) is 9.69 Å². The number of nitrogens with zero attached hydrogens (tertiary/aromatic N) is 1. The van der Waals surface area contributed by atoms with Crippen LogP contribution in [0.15, 0.2) is 24.3 Å². The first kappa shape index (κ1) is 21.2. The van der Waals surface area contributed by atoms with Crippen molar-refractivity contribution in [3.8, 4) is 0 Å². The summed E-state index contributed by atoms with van der Waals surface area (Å²) in [6.07, 6.45) is 1.37. The van der Waals surface area contributed by atoms with Crippen LogP contribution in [-0.2, 0) is 4.74 Å². The van der Waals surface area contributed by atoms with E-state index in [-0.39, 0.29) is 30.2 Å². The molecule has 0 aliphatic carbocycles. The molecule has 3 amide bonds. The second-order valence-corrected chi connectivity index (χ2v) is 7.43. The summed E-state index contributed by atoms with van der Waals surface area (Å²) in [5, 5.41) is 8.44. The molecule has 1 heterocycles. The Morgan fingerprint density at radius 1 is 1.19 bits per heavy atom. The number of amides is 3. The van der Waals surface area contributed by atoms with Gasteiger partial charge in [-0.2, -0.15) is 0 Å². The maximum Gasteiger partial charge on any atom is 0.319 e. The van der Waals surface area contributed by atoms with Gasteiger partial charge >= 0.3 is 6.03 Å². The molecule has 1 aliphatic heterocycles. The minimum absolute atomic E-state index is 0.0246. The molecule has 1 aromatic carbocycles. The van der Waals surface area contributed by atoms with Crippen molar-refractivity contribution in [1.82, 2.24) is 15.5 Å². The topological polar surface area (TPSA) is 82.7 Å². The van der Waals surface area contributed by atoms with Gasteiger partial charge < -0.3 is 20.7 Å². The average molecular weight is 377 g/mol. The summed E-state index contributed by atoms with van der Waals surface area (Å²) >= 11 is 0. The summed E-state index contributed by atoms with van der Waals surface area (Å²) in [4.78, 5) is 26.8. The summed E-state index contributed by atoms with van der Waals surface area (Å²) in [5.41, 5.74) is 0.967. The van der Waals surface area contributed by atoms with Gasteiger partial charge in [0.15, 0.2) is 0 Å². The number of hydrogen-bond acceptors (Lipinski definition) is 4. The van der Waals surface area contributed by atoms with E-state index in [0.717, 1.165) is 26.1 Å². The second-order valence-electron chi connectivity index (χ2n) is 7.43. The standard InChI is InChI=1S/C20H32N4O3/c1-14(2)22-20(26)23-18-9-6-5-8-17(18)19(25)21-10-7-11-24-12-15(3)27-16(4)13-24/h5-6,8-9,14-16H,7,10-13H2,1-4H3,(H,21,25)(H2,22,23,26). The molecule has 3 N–H and O–H groups in total. The van der Waals surface area contributed by atoms with E-state index in [9.17, 15) is 9.59 Å². The highest BCUT2D eigenvalue weighted by molar-refractivity contribution is 6.03. The van der Waals surface area contributed by atoms with Crippen molar-refractivity contribution in [2.24, 2.45) is 0 Å². The zero-order chi connectivity index (χ0) is 19.8. The third-order valence-corrected chi connectivity index (χ3v) is 4.27. The predicted molar refractivity (Wildman–Crippen MR) is 107 cm³/mol. The van der Waals surface area contributed by atoms with Crippen LogP contribution in [-0.4, -0.2) is 61.3 Å². The number of carbonyl (C=O) groups is 2. The first-order valence-corrected chi connectivity index (χ1v) is 9.67. The molecule has 0 bridgehead atoms. The zero-order valence-electron chi connectivity index (χ0n) is 16.7. The Bertz CT molecular complexity index is 625. The summed E-state index contributed by atoms with van der Waals surface area (Å²) < 4.78 is 5.74. The maximum absolute atomic E-state index is 12.5. The highest BCUT2D eigenvalue weighted by Gasteiger charge is 2.21. The maximum atomic E-state index is 12.5. The van der Waals surface area contributed by atoms with Gasteiger partial charge in [-0.25, -0.2) is 4.79 Å². The lowest BCUT2D eigenvalue weighted by atomic mass is 10.1. The van der Waals surface area contributed by atoms with Crippen molar-refractivity contribution in [2.75, 3.05) is 31.5 Å². The van der Waals surface area contributed by atoms with Gasteiger partial charge in [0.1, 0.15) is 0 Å². The third kappa shape index (κ3) is 7.19. The number of ether oxygens (including phenoxy) is 1. The molecule has 0 aromatic heterocycles. The Balaban J connectivity index is 1.81. The highest BCUT2D eigenvalue weighted by Crippen LogP contribution is 2.15. The van der Waals surface area contributed by atoms with Crippen LogP contribution < -0.4 is 16.0 Å². The Morgan fingerprint density at radius 3 is 2.52 bits per heavy atom. The number of para-hydroxylation sites is 1. The van der Waals surface area contributed by atoms with Crippen LogP contribution in [0.25, 0.3) is 0 Å². The molecule has 1 aromatic rings. The van der Waals surface area contributed by atoms with Gasteiger partial charge in [-0.1, -0.05) is 12.1 Å². The molecule has 27 heavy (non-hydrogen) atoms. The Kier molecular flexibility index (Phi) is 8.06. The van der Waals surface area contributed by atoms with Crippen LogP contribution in [0.4, 0.5) is 10.5 Å². The highest BCUT2D eigenvalue weighted by atomic mass is 16.5. The van der Waals surface area contributed by atoms with Crippen LogP contribution in [0.3, 0.4) is 0 Å². The predicted octanol–water partition coefficient (Wildman–Crippen LogP) is 2.45. The van der Waals surface area contributed by atoms with E-state index < -0.39 is 0 Å². The third-order valence-electron chi connectivity index (χ3n) is 4.27. The van der Waals surface area contributed by atoms with Gasteiger partial charge in [0.25, 0.3) is 5.91 Å². The number of anilines is 1. The van der Waals surface area contributed by atoms with E-state index in [2.05, 4.69) is 34.7 Å². The fourth-order valence-electron chi connectivity index (χ4n) is 3.28. The Morgan fingerprint density at radius 2 is 1.85 bits per heavy atom. The van der Waals surface area contributed by atoms with Crippen molar-refractivity contribution >= 4 is 17.6 Å². The number of nitrogens with one attached hydrogen (secondary N) is 3. The number of hydrogen-bond donors (Lipinski definition) is 3. The fraction of sp³-hybridized carbons (Fsp3) is 0.600. The molecule has 0 saturated carbocycles. The van der Waals surface area contributed by atoms with Gasteiger partial charge in [-0.05, 0) is 46.2 Å². The molecule has 7 nitrogen and oxygen atoms in total. The van der Waals surface area contributed by atoms with Crippen molar-refractivity contribution in [1.29, 1.82) is 0 Å². The minimum Gasteiger partial charge on any atom is -0.373 e. The lowest BCUT2D eigenvalue weighted by Crippen LogP contribution is -2.46. The quantitative estimate of drug-likeness (QED) is 0.639. The molecule has 0 radical (unpaired) electrons.